The first-order valence-corrected chi connectivity index (χ1v) is 7.09. The first-order chi connectivity index (χ1) is 8.65. The van der Waals surface area contributed by atoms with E-state index in [-0.39, 0.29) is 11.8 Å². The Labute approximate surface area is 111 Å². The third-order valence-electron chi connectivity index (χ3n) is 3.34. The summed E-state index contributed by atoms with van der Waals surface area (Å²) in [7, 11) is 3.39. The van der Waals surface area contributed by atoms with Crippen molar-refractivity contribution >= 4 is 11.8 Å². The van der Waals surface area contributed by atoms with Gasteiger partial charge in [0.15, 0.2) is 11.6 Å². The molecule has 100 valence electrons. The van der Waals surface area contributed by atoms with Gasteiger partial charge in [0.1, 0.15) is 0 Å². The number of rotatable bonds is 3. The summed E-state index contributed by atoms with van der Waals surface area (Å²) in [5.74, 6) is 1.59. The van der Waals surface area contributed by atoms with Crippen LogP contribution in [0.2, 0.25) is 0 Å². The van der Waals surface area contributed by atoms with E-state index in [9.17, 15) is 9.50 Å². The molecule has 18 heavy (non-hydrogen) atoms. The maximum Gasteiger partial charge on any atom is 0.170 e. The van der Waals surface area contributed by atoms with E-state index in [1.54, 1.807) is 30.0 Å². The molecule has 1 saturated heterocycles. The van der Waals surface area contributed by atoms with Crippen LogP contribution in [0.15, 0.2) is 18.2 Å². The van der Waals surface area contributed by atoms with E-state index >= 15 is 0 Å². The van der Waals surface area contributed by atoms with E-state index in [4.69, 9.17) is 4.74 Å². The molecule has 1 aromatic carbocycles. The maximum atomic E-state index is 14.1. The van der Waals surface area contributed by atoms with Crippen molar-refractivity contribution in [2.75, 3.05) is 32.2 Å². The first kappa shape index (κ1) is 13.6. The molecule has 0 spiro atoms. The van der Waals surface area contributed by atoms with Crippen molar-refractivity contribution in [3.63, 3.8) is 0 Å². The molecule has 1 aliphatic heterocycles. The fourth-order valence-electron chi connectivity index (χ4n) is 2.16. The number of aliphatic hydroxyl groups is 1. The van der Waals surface area contributed by atoms with E-state index in [1.807, 2.05) is 7.05 Å². The molecule has 0 saturated carbocycles. The molecular weight excluding hydrogens is 253 g/mol. The maximum absolute atomic E-state index is 14.1. The number of benzene rings is 1. The second-order valence-electron chi connectivity index (χ2n) is 4.43. The molecule has 5 heteroatoms. The Hall–Kier alpha value is -0.780. The molecule has 0 aromatic heterocycles. The topological polar surface area (TPSA) is 32.7 Å². The minimum absolute atomic E-state index is 0.0506. The number of aliphatic hydroxyl groups excluding tert-OH is 1. The van der Waals surface area contributed by atoms with Gasteiger partial charge < -0.3 is 9.84 Å². The van der Waals surface area contributed by atoms with Crippen molar-refractivity contribution in [2.45, 2.75) is 12.1 Å². The van der Waals surface area contributed by atoms with Crippen molar-refractivity contribution < 1.29 is 14.2 Å². The molecule has 1 heterocycles. The lowest BCUT2D eigenvalue weighted by Gasteiger charge is -2.35. The summed E-state index contributed by atoms with van der Waals surface area (Å²) < 4.78 is 19.0. The number of halogens is 1. The van der Waals surface area contributed by atoms with Gasteiger partial charge in [0.2, 0.25) is 0 Å². The smallest absolute Gasteiger partial charge is 0.170 e. The highest BCUT2D eigenvalue weighted by Gasteiger charge is 2.30. The van der Waals surface area contributed by atoms with Crippen LogP contribution >= 0.6 is 11.8 Å². The number of likely N-dealkylation sites (N-methyl/N-ethyl adjacent to an activating group) is 1. The van der Waals surface area contributed by atoms with Crippen LogP contribution < -0.4 is 4.74 Å². The number of hydrogen-bond donors (Lipinski definition) is 1. The average Bonchev–Trinajstić information content (AvgIpc) is 2.39. The summed E-state index contributed by atoms with van der Waals surface area (Å²) in [5.41, 5.74) is 0.314. The zero-order chi connectivity index (χ0) is 13.1. The Kier molecular flexibility index (Phi) is 4.48. The fourth-order valence-corrected chi connectivity index (χ4v) is 3.42. The normalized spacial score (nSPS) is 22.8. The molecule has 1 N–H and O–H groups in total. The lowest BCUT2D eigenvalue weighted by atomic mass is 10.0. The average molecular weight is 271 g/mol. The van der Waals surface area contributed by atoms with Crippen LogP contribution in [0.5, 0.6) is 5.75 Å². The molecule has 1 fully saturated rings. The molecule has 0 bridgehead atoms. The fraction of sp³-hybridized carbons (Fsp3) is 0.538. The Morgan fingerprint density at radius 3 is 3.00 bits per heavy atom. The highest BCUT2D eigenvalue weighted by atomic mass is 32.2. The molecular formula is C13H18FNO2S. The SMILES string of the molecule is COc1cccc(C(O)C2CSCCN2C)c1F. The second-order valence-corrected chi connectivity index (χ2v) is 5.58. The van der Waals surface area contributed by atoms with Gasteiger partial charge in [-0.2, -0.15) is 11.8 Å². The number of methoxy groups -OCH3 is 1. The molecule has 2 atom stereocenters. The number of hydrogen-bond acceptors (Lipinski definition) is 4. The van der Waals surface area contributed by atoms with Gasteiger partial charge in [-0.25, -0.2) is 4.39 Å². The molecule has 2 unspecified atom stereocenters. The van der Waals surface area contributed by atoms with Crippen LogP contribution in [0.1, 0.15) is 11.7 Å². The minimum Gasteiger partial charge on any atom is -0.494 e. The number of thioether (sulfide) groups is 1. The number of nitrogens with zero attached hydrogens (tertiary/aromatic N) is 1. The van der Waals surface area contributed by atoms with Crippen molar-refractivity contribution in [3.8, 4) is 5.75 Å². The summed E-state index contributed by atoms with van der Waals surface area (Å²) in [6, 6.07) is 4.84. The third kappa shape index (κ3) is 2.63. The molecule has 2 rings (SSSR count). The predicted octanol–water partition coefficient (Wildman–Crippen LogP) is 1.91. The summed E-state index contributed by atoms with van der Waals surface area (Å²) >= 11 is 1.79. The molecule has 0 amide bonds. The molecule has 1 aromatic rings. The van der Waals surface area contributed by atoms with Crippen molar-refractivity contribution in [2.24, 2.45) is 0 Å². The second kappa shape index (κ2) is 5.91. The van der Waals surface area contributed by atoms with Gasteiger partial charge in [-0.15, -0.1) is 0 Å². The lowest BCUT2D eigenvalue weighted by Crippen LogP contribution is -2.43. The van der Waals surface area contributed by atoms with Crippen molar-refractivity contribution in [1.29, 1.82) is 0 Å². The van der Waals surface area contributed by atoms with E-state index < -0.39 is 11.9 Å². The van der Waals surface area contributed by atoms with Gasteiger partial charge >= 0.3 is 0 Å². The van der Waals surface area contributed by atoms with E-state index in [2.05, 4.69) is 4.90 Å². The van der Waals surface area contributed by atoms with Crippen LogP contribution in [-0.2, 0) is 0 Å². The van der Waals surface area contributed by atoms with Crippen molar-refractivity contribution in [1.82, 2.24) is 4.90 Å². The molecule has 1 aliphatic rings. The lowest BCUT2D eigenvalue weighted by molar-refractivity contribution is 0.0727. The minimum atomic E-state index is -0.821. The van der Waals surface area contributed by atoms with Crippen LogP contribution in [-0.4, -0.2) is 48.3 Å². The quantitative estimate of drug-likeness (QED) is 0.910. The Morgan fingerprint density at radius 2 is 2.33 bits per heavy atom. The summed E-state index contributed by atoms with van der Waals surface area (Å²) in [6.45, 7) is 0.915. The van der Waals surface area contributed by atoms with Crippen molar-refractivity contribution in [3.05, 3.63) is 29.6 Å². The predicted molar refractivity (Wildman–Crippen MR) is 71.7 cm³/mol. The Balaban J connectivity index is 2.24. The van der Waals surface area contributed by atoms with Gasteiger partial charge in [-0.05, 0) is 13.1 Å². The summed E-state index contributed by atoms with van der Waals surface area (Å²) in [5, 5.41) is 10.4. The van der Waals surface area contributed by atoms with E-state index in [0.29, 0.717) is 5.56 Å². The largest absolute Gasteiger partial charge is 0.494 e. The monoisotopic (exact) mass is 271 g/mol. The van der Waals surface area contributed by atoms with Crippen LogP contribution in [0.3, 0.4) is 0 Å². The zero-order valence-electron chi connectivity index (χ0n) is 10.6. The van der Waals surface area contributed by atoms with E-state index in [1.165, 1.54) is 7.11 Å². The first-order valence-electron chi connectivity index (χ1n) is 5.93. The van der Waals surface area contributed by atoms with Gasteiger partial charge in [0, 0.05) is 29.7 Å². The Morgan fingerprint density at radius 1 is 1.56 bits per heavy atom. The van der Waals surface area contributed by atoms with E-state index in [0.717, 1.165) is 18.1 Å². The highest BCUT2D eigenvalue weighted by Crippen LogP contribution is 2.31. The zero-order valence-corrected chi connectivity index (χ0v) is 11.4. The van der Waals surface area contributed by atoms with Gasteiger partial charge in [-0.3, -0.25) is 4.90 Å². The third-order valence-corrected chi connectivity index (χ3v) is 4.39. The number of ether oxygens (including phenoxy) is 1. The summed E-state index contributed by atoms with van der Waals surface area (Å²) in [6.07, 6.45) is -0.821. The van der Waals surface area contributed by atoms with Gasteiger partial charge in [-0.1, -0.05) is 12.1 Å². The molecule has 3 nitrogen and oxygen atoms in total. The molecule has 0 radical (unpaired) electrons. The molecule has 0 aliphatic carbocycles. The van der Waals surface area contributed by atoms with Crippen LogP contribution in [0.25, 0.3) is 0 Å². The van der Waals surface area contributed by atoms with Crippen LogP contribution in [0, 0.1) is 5.82 Å². The highest BCUT2D eigenvalue weighted by molar-refractivity contribution is 7.99. The van der Waals surface area contributed by atoms with Crippen LogP contribution in [0.4, 0.5) is 4.39 Å². The van der Waals surface area contributed by atoms with Gasteiger partial charge in [0.05, 0.1) is 13.2 Å². The summed E-state index contributed by atoms with van der Waals surface area (Å²) in [4.78, 5) is 2.08. The van der Waals surface area contributed by atoms with Gasteiger partial charge in [0.25, 0.3) is 0 Å². The Bertz CT molecular complexity index is 416. The standard InChI is InChI=1S/C13H18FNO2S/c1-15-6-7-18-8-10(15)13(16)9-4-3-5-11(17-2)12(9)14/h3-5,10,13,16H,6-8H2,1-2H3.